The number of aromatic amines is 1. The molecule has 0 aliphatic heterocycles. The second-order valence-corrected chi connectivity index (χ2v) is 15.4. The standard InChI is InChI=1S/C40H51ClN8O5/c1-40(2,3)54-39(52)44-24-26-10-12-29(13-11-26)37(51)49(32-17-14-28(15-18-32)36-45-38(41)47-46-36)33(35(42)50)23-27-8-6-9-30(22-27)31-16-19-34(43-25-31)53-21-7-20-48(4)5/h6,8-9,14-19,22,25-26,29,33H,7,10-13,20-21,23-24H2,1-5H3,(H2,42,50)(H,44,52)(H,45,46,47)/t26-,29-,33-/m0/s1. The summed E-state index contributed by atoms with van der Waals surface area (Å²) in [4.78, 5) is 51.2. The molecule has 0 radical (unpaired) electrons. The molecule has 0 saturated heterocycles. The molecule has 1 aliphatic carbocycles. The summed E-state index contributed by atoms with van der Waals surface area (Å²) >= 11 is 5.96. The molecule has 1 fully saturated rings. The molecule has 1 atom stereocenters. The van der Waals surface area contributed by atoms with Gasteiger partial charge in [-0.1, -0.05) is 24.3 Å². The van der Waals surface area contributed by atoms with E-state index >= 15 is 0 Å². The zero-order valence-electron chi connectivity index (χ0n) is 31.7. The Balaban J connectivity index is 1.34. The molecule has 5 rings (SSSR count). The third-order valence-electron chi connectivity index (χ3n) is 9.31. The summed E-state index contributed by atoms with van der Waals surface area (Å²) in [5.41, 5.74) is 9.43. The van der Waals surface area contributed by atoms with Gasteiger partial charge in [0, 0.05) is 54.5 Å². The van der Waals surface area contributed by atoms with Crippen LogP contribution >= 0.6 is 11.6 Å². The number of nitrogens with one attached hydrogen (secondary N) is 2. The first-order chi connectivity index (χ1) is 25.8. The molecule has 1 saturated carbocycles. The number of H-pyrrole nitrogens is 1. The predicted octanol–water partition coefficient (Wildman–Crippen LogP) is 6.28. The fourth-order valence-corrected chi connectivity index (χ4v) is 6.71. The maximum Gasteiger partial charge on any atom is 0.407 e. The van der Waals surface area contributed by atoms with Gasteiger partial charge in [-0.25, -0.2) is 9.78 Å². The van der Waals surface area contributed by atoms with E-state index in [2.05, 4.69) is 30.4 Å². The lowest BCUT2D eigenvalue weighted by atomic mass is 9.81. The summed E-state index contributed by atoms with van der Waals surface area (Å²) in [6.07, 6.45) is 5.10. The first-order valence-corrected chi connectivity index (χ1v) is 18.7. The van der Waals surface area contributed by atoms with Crippen molar-refractivity contribution >= 4 is 35.2 Å². The number of ether oxygens (including phenoxy) is 2. The van der Waals surface area contributed by atoms with Crippen molar-refractivity contribution in [3.63, 3.8) is 0 Å². The van der Waals surface area contributed by atoms with E-state index in [-0.39, 0.29) is 29.4 Å². The minimum atomic E-state index is -0.971. The Morgan fingerprint density at radius 3 is 2.31 bits per heavy atom. The van der Waals surface area contributed by atoms with Gasteiger partial charge in [0.05, 0.1) is 6.61 Å². The number of amides is 3. The highest BCUT2D eigenvalue weighted by molar-refractivity contribution is 6.28. The normalized spacial score (nSPS) is 16.4. The van der Waals surface area contributed by atoms with Gasteiger partial charge in [-0.05, 0) is 126 Å². The van der Waals surface area contributed by atoms with E-state index in [0.29, 0.717) is 48.9 Å². The van der Waals surface area contributed by atoms with Crippen molar-refractivity contribution in [1.82, 2.24) is 30.4 Å². The van der Waals surface area contributed by atoms with Gasteiger partial charge in [0.1, 0.15) is 11.6 Å². The fraction of sp³-hybridized carbons (Fsp3) is 0.450. The number of primary amides is 1. The number of anilines is 1. The number of nitrogens with two attached hydrogens (primary N) is 1. The lowest BCUT2D eigenvalue weighted by molar-refractivity contribution is -0.127. The highest BCUT2D eigenvalue weighted by atomic mass is 35.5. The zero-order chi connectivity index (χ0) is 38.8. The molecule has 0 bridgehead atoms. The van der Waals surface area contributed by atoms with Crippen molar-refractivity contribution in [3.8, 4) is 28.4 Å². The summed E-state index contributed by atoms with van der Waals surface area (Å²) in [7, 11) is 4.06. The highest BCUT2D eigenvalue weighted by Gasteiger charge is 2.36. The first-order valence-electron chi connectivity index (χ1n) is 18.4. The van der Waals surface area contributed by atoms with E-state index in [1.54, 1.807) is 35.4 Å². The number of carbonyl (C=O) groups excluding carboxylic acids is 3. The maximum atomic E-state index is 14.5. The Labute approximate surface area is 322 Å². The zero-order valence-corrected chi connectivity index (χ0v) is 32.4. The topological polar surface area (TPSA) is 169 Å². The first kappa shape index (κ1) is 40.2. The number of pyridine rings is 1. The van der Waals surface area contributed by atoms with Crippen LogP contribution < -0.4 is 20.7 Å². The smallest absolute Gasteiger partial charge is 0.407 e. The number of hydrogen-bond acceptors (Lipinski definition) is 9. The van der Waals surface area contributed by atoms with E-state index in [1.807, 2.05) is 71.3 Å². The molecule has 4 N–H and O–H groups in total. The van der Waals surface area contributed by atoms with Crippen LogP contribution in [0.15, 0.2) is 66.9 Å². The van der Waals surface area contributed by atoms with Gasteiger partial charge in [0.15, 0.2) is 5.82 Å². The minimum absolute atomic E-state index is 0.162. The SMILES string of the molecule is CN(C)CCCOc1ccc(-c2cccc(C[C@@H](C(N)=O)N(c3ccc(-c4nnc(Cl)[nH]4)cc3)C(=O)[C@H]3CC[C@H](CNC(=O)OC(C)(C)C)CC3)c2)cn1. The molecule has 2 heterocycles. The number of benzene rings is 2. The molecule has 4 aromatic rings. The van der Waals surface area contributed by atoms with E-state index in [4.69, 9.17) is 26.8 Å². The van der Waals surface area contributed by atoms with Crippen LogP contribution in [0.5, 0.6) is 5.88 Å². The van der Waals surface area contributed by atoms with Crippen LogP contribution in [0.2, 0.25) is 5.28 Å². The third kappa shape index (κ3) is 11.5. The molecule has 2 aromatic heterocycles. The maximum absolute atomic E-state index is 14.5. The molecule has 1 aliphatic rings. The highest BCUT2D eigenvalue weighted by Crippen LogP contribution is 2.34. The summed E-state index contributed by atoms with van der Waals surface area (Å²) in [5, 5.41) is 10.9. The lowest BCUT2D eigenvalue weighted by Crippen LogP contribution is -2.52. The second-order valence-electron chi connectivity index (χ2n) is 15.0. The van der Waals surface area contributed by atoms with E-state index in [1.165, 1.54) is 0 Å². The van der Waals surface area contributed by atoms with E-state index in [9.17, 15) is 14.4 Å². The molecule has 13 nitrogen and oxygen atoms in total. The number of halogens is 1. The molecule has 0 spiro atoms. The summed E-state index contributed by atoms with van der Waals surface area (Å²) < 4.78 is 11.2. The number of hydrogen-bond donors (Lipinski definition) is 3. The number of carbonyl (C=O) groups is 3. The number of nitrogens with zero attached hydrogens (tertiary/aromatic N) is 5. The van der Waals surface area contributed by atoms with Gasteiger partial charge < -0.3 is 30.4 Å². The van der Waals surface area contributed by atoms with Gasteiger partial charge in [0.25, 0.3) is 0 Å². The summed E-state index contributed by atoms with van der Waals surface area (Å²) in [6.45, 7) is 7.44. The van der Waals surface area contributed by atoms with Crippen LogP contribution in [-0.2, 0) is 20.7 Å². The number of rotatable bonds is 15. The van der Waals surface area contributed by atoms with Crippen molar-refractivity contribution in [2.75, 3.05) is 38.7 Å². The summed E-state index contributed by atoms with van der Waals surface area (Å²) in [5.74, 6) is 0.114. The van der Waals surface area contributed by atoms with Crippen LogP contribution in [-0.4, -0.2) is 88.4 Å². The van der Waals surface area contributed by atoms with Crippen molar-refractivity contribution in [2.24, 2.45) is 17.6 Å². The van der Waals surface area contributed by atoms with Gasteiger partial charge in [-0.3, -0.25) is 14.5 Å². The molecular weight excluding hydrogens is 708 g/mol. The van der Waals surface area contributed by atoms with Crippen LogP contribution in [0, 0.1) is 11.8 Å². The van der Waals surface area contributed by atoms with Crippen LogP contribution in [0.1, 0.15) is 58.4 Å². The molecule has 0 unspecified atom stereocenters. The van der Waals surface area contributed by atoms with Crippen molar-refractivity contribution in [1.29, 1.82) is 0 Å². The van der Waals surface area contributed by atoms with Crippen molar-refractivity contribution in [2.45, 2.75) is 70.9 Å². The van der Waals surface area contributed by atoms with Crippen LogP contribution in [0.3, 0.4) is 0 Å². The van der Waals surface area contributed by atoms with Crippen molar-refractivity contribution in [3.05, 3.63) is 77.7 Å². The van der Waals surface area contributed by atoms with Gasteiger partial charge in [-0.15, -0.1) is 10.2 Å². The second kappa shape index (κ2) is 18.4. The average Bonchev–Trinajstić information content (AvgIpc) is 3.58. The average molecular weight is 759 g/mol. The minimum Gasteiger partial charge on any atom is -0.478 e. The van der Waals surface area contributed by atoms with E-state index in [0.717, 1.165) is 42.5 Å². The molecule has 14 heteroatoms. The molecule has 2 aromatic carbocycles. The Morgan fingerprint density at radius 1 is 0.981 bits per heavy atom. The third-order valence-corrected chi connectivity index (χ3v) is 9.48. The number of alkyl carbamates (subject to hydrolysis) is 1. The van der Waals surface area contributed by atoms with Gasteiger partial charge >= 0.3 is 6.09 Å². The Bertz CT molecular complexity index is 1850. The molecule has 3 amide bonds. The van der Waals surface area contributed by atoms with Crippen LogP contribution in [0.25, 0.3) is 22.5 Å². The van der Waals surface area contributed by atoms with E-state index < -0.39 is 23.6 Å². The monoisotopic (exact) mass is 758 g/mol. The van der Waals surface area contributed by atoms with Crippen LogP contribution in [0.4, 0.5) is 10.5 Å². The van der Waals surface area contributed by atoms with Gasteiger partial charge in [-0.2, -0.15) is 0 Å². The Hall–Kier alpha value is -5.01. The predicted molar refractivity (Wildman–Crippen MR) is 209 cm³/mol. The Morgan fingerprint density at radius 2 is 1.70 bits per heavy atom. The fourth-order valence-electron chi connectivity index (χ4n) is 6.58. The van der Waals surface area contributed by atoms with Gasteiger partial charge in [0.2, 0.25) is 23.0 Å². The molecular formula is C40H51ClN8O5. The molecule has 288 valence electrons. The largest absolute Gasteiger partial charge is 0.478 e. The van der Waals surface area contributed by atoms with Crippen molar-refractivity contribution < 1.29 is 23.9 Å². The lowest BCUT2D eigenvalue weighted by Gasteiger charge is -2.36. The quantitative estimate of drug-likeness (QED) is 0.118. The Kier molecular flexibility index (Phi) is 13.7. The summed E-state index contributed by atoms with van der Waals surface area (Å²) in [6, 6.07) is 17.8. The molecule has 54 heavy (non-hydrogen) atoms. The number of aromatic nitrogens is 4.